The third-order valence-electron chi connectivity index (χ3n) is 3.92. The van der Waals surface area contributed by atoms with Crippen LogP contribution in [0.4, 0.5) is 0 Å². The van der Waals surface area contributed by atoms with E-state index in [1.165, 1.54) is 21.8 Å². The van der Waals surface area contributed by atoms with Crippen molar-refractivity contribution in [1.82, 2.24) is 4.98 Å². The van der Waals surface area contributed by atoms with E-state index in [1.807, 2.05) is 48.8 Å². The zero-order valence-electron chi connectivity index (χ0n) is 13.6. The van der Waals surface area contributed by atoms with E-state index >= 15 is 0 Å². The molecule has 25 heavy (non-hydrogen) atoms. The van der Waals surface area contributed by atoms with Crippen LogP contribution < -0.4 is 0 Å². The number of aromatic nitrogens is 1. The summed E-state index contributed by atoms with van der Waals surface area (Å²) in [5.74, 6) is 0.0630. The summed E-state index contributed by atoms with van der Waals surface area (Å²) in [6, 6.07) is 19.8. The largest absolute Gasteiger partial charge is 0.288 e. The zero-order chi connectivity index (χ0) is 17.2. The minimum atomic E-state index is 0.0630. The van der Waals surface area contributed by atoms with Gasteiger partial charge in [-0.3, -0.25) is 9.78 Å². The maximum Gasteiger partial charge on any atom is 0.202 e. The highest BCUT2D eigenvalue weighted by atomic mass is 32.2. The molecule has 0 fully saturated rings. The first kappa shape index (κ1) is 16.1. The Morgan fingerprint density at radius 3 is 2.52 bits per heavy atom. The van der Waals surface area contributed by atoms with Gasteiger partial charge in [0.25, 0.3) is 0 Å². The molecule has 122 valence electrons. The molecule has 0 unspecified atom stereocenters. The van der Waals surface area contributed by atoms with E-state index in [1.54, 1.807) is 11.8 Å². The molecule has 0 amide bonds. The summed E-state index contributed by atoms with van der Waals surface area (Å²) in [5, 5.41) is 1.09. The van der Waals surface area contributed by atoms with Gasteiger partial charge < -0.3 is 0 Å². The molecule has 0 saturated heterocycles. The lowest BCUT2D eigenvalue weighted by molar-refractivity contribution is 0.104. The molecule has 2 heterocycles. The first-order valence-corrected chi connectivity index (χ1v) is 9.56. The quantitative estimate of drug-likeness (QED) is 0.418. The number of hydrogen-bond acceptors (Lipinski definition) is 4. The van der Waals surface area contributed by atoms with Crippen LogP contribution in [0.25, 0.3) is 10.1 Å². The smallest absolute Gasteiger partial charge is 0.202 e. The topological polar surface area (TPSA) is 30.0 Å². The van der Waals surface area contributed by atoms with Gasteiger partial charge in [-0.2, -0.15) is 0 Å². The van der Waals surface area contributed by atoms with Crippen LogP contribution in [0.15, 0.2) is 82.8 Å². The summed E-state index contributed by atoms with van der Waals surface area (Å²) in [7, 11) is 0. The molecule has 4 aromatic rings. The second kappa shape index (κ2) is 6.82. The number of aryl methyl sites for hydroxylation is 1. The predicted octanol–water partition coefficient (Wildman–Crippen LogP) is 5.99. The van der Waals surface area contributed by atoms with Gasteiger partial charge in [-0.1, -0.05) is 59.8 Å². The van der Waals surface area contributed by atoms with E-state index in [2.05, 4.69) is 36.2 Å². The summed E-state index contributed by atoms with van der Waals surface area (Å²) in [4.78, 5) is 20.0. The van der Waals surface area contributed by atoms with Crippen molar-refractivity contribution in [3.63, 3.8) is 0 Å². The van der Waals surface area contributed by atoms with Gasteiger partial charge in [-0.25, -0.2) is 0 Å². The molecule has 0 saturated carbocycles. The average Bonchev–Trinajstić information content (AvgIpc) is 3.09. The second-order valence-corrected chi connectivity index (χ2v) is 7.97. The van der Waals surface area contributed by atoms with Crippen molar-refractivity contribution >= 4 is 39.0 Å². The summed E-state index contributed by atoms with van der Waals surface area (Å²) in [6.07, 6.45) is 3.71. The van der Waals surface area contributed by atoms with Crippen LogP contribution >= 0.6 is 23.1 Å². The fraction of sp³-hybridized carbons (Fsp3) is 0.0476. The fourth-order valence-electron chi connectivity index (χ4n) is 2.59. The predicted molar refractivity (Wildman–Crippen MR) is 105 cm³/mol. The van der Waals surface area contributed by atoms with E-state index in [9.17, 15) is 4.79 Å². The molecular formula is C21H15NOS2. The molecular weight excluding hydrogens is 346 g/mol. The van der Waals surface area contributed by atoms with Crippen molar-refractivity contribution in [3.05, 3.63) is 89.1 Å². The van der Waals surface area contributed by atoms with E-state index < -0.39 is 0 Å². The number of pyridine rings is 1. The van der Waals surface area contributed by atoms with Gasteiger partial charge in [0.05, 0.1) is 9.58 Å². The van der Waals surface area contributed by atoms with Crippen molar-refractivity contribution in [2.45, 2.75) is 16.7 Å². The lowest BCUT2D eigenvalue weighted by atomic mass is 10.1. The normalized spacial score (nSPS) is 10.9. The Labute approximate surface area is 154 Å². The van der Waals surface area contributed by atoms with Gasteiger partial charge in [0, 0.05) is 33.1 Å². The van der Waals surface area contributed by atoms with Crippen molar-refractivity contribution in [3.8, 4) is 0 Å². The van der Waals surface area contributed by atoms with Crippen LogP contribution in [-0.2, 0) is 0 Å². The maximum atomic E-state index is 12.7. The van der Waals surface area contributed by atoms with Crippen molar-refractivity contribution in [2.75, 3.05) is 0 Å². The number of nitrogens with zero attached hydrogens (tertiary/aromatic N) is 1. The molecule has 2 aromatic carbocycles. The number of carbonyl (C=O) groups excluding carboxylic acids is 1. The number of carbonyl (C=O) groups is 1. The summed E-state index contributed by atoms with van der Waals surface area (Å²) in [6.45, 7) is 2.08. The Morgan fingerprint density at radius 2 is 1.76 bits per heavy atom. The average molecular weight is 361 g/mol. The van der Waals surface area contributed by atoms with Crippen LogP contribution in [-0.4, -0.2) is 10.8 Å². The van der Waals surface area contributed by atoms with Crippen molar-refractivity contribution in [1.29, 1.82) is 0 Å². The molecule has 0 aliphatic heterocycles. The Morgan fingerprint density at radius 1 is 1.00 bits per heavy atom. The summed E-state index contributed by atoms with van der Waals surface area (Å²) >= 11 is 3.18. The minimum Gasteiger partial charge on any atom is -0.288 e. The number of rotatable bonds is 4. The number of benzene rings is 2. The Balaban J connectivity index is 1.71. The van der Waals surface area contributed by atoms with Gasteiger partial charge in [0.2, 0.25) is 5.78 Å². The molecule has 0 N–H and O–H groups in total. The number of ketones is 1. The standard InChI is InChI=1S/C21H15NOS2/c1-14-7-9-16(10-8-14)24-19-12-22-13-20-17(19)11-18(25-20)21(23)15-5-3-2-4-6-15/h2-13H,1H3. The molecule has 0 radical (unpaired) electrons. The second-order valence-electron chi connectivity index (χ2n) is 5.77. The van der Waals surface area contributed by atoms with Gasteiger partial charge >= 0.3 is 0 Å². The van der Waals surface area contributed by atoms with E-state index in [-0.39, 0.29) is 5.78 Å². The summed E-state index contributed by atoms with van der Waals surface area (Å²) < 4.78 is 1.04. The highest BCUT2D eigenvalue weighted by Crippen LogP contribution is 2.37. The molecule has 0 aliphatic rings. The number of thiophene rings is 1. The molecule has 0 aliphatic carbocycles. The lowest BCUT2D eigenvalue weighted by Crippen LogP contribution is -1.97. The molecule has 4 rings (SSSR count). The zero-order valence-corrected chi connectivity index (χ0v) is 15.2. The molecule has 0 atom stereocenters. The van der Waals surface area contributed by atoms with Crippen molar-refractivity contribution < 1.29 is 4.79 Å². The van der Waals surface area contributed by atoms with Crippen LogP contribution in [0.3, 0.4) is 0 Å². The van der Waals surface area contributed by atoms with E-state index in [0.29, 0.717) is 0 Å². The molecule has 4 heteroatoms. The highest BCUT2D eigenvalue weighted by molar-refractivity contribution is 7.99. The van der Waals surface area contributed by atoms with Crippen LogP contribution in [0.1, 0.15) is 20.8 Å². The fourth-order valence-corrected chi connectivity index (χ4v) is 4.59. The van der Waals surface area contributed by atoms with Crippen LogP contribution in [0.5, 0.6) is 0 Å². The molecule has 2 aromatic heterocycles. The van der Waals surface area contributed by atoms with Crippen LogP contribution in [0.2, 0.25) is 0 Å². The molecule has 0 bridgehead atoms. The summed E-state index contributed by atoms with van der Waals surface area (Å²) in [5.41, 5.74) is 1.96. The maximum absolute atomic E-state index is 12.7. The van der Waals surface area contributed by atoms with Gasteiger partial charge in [0.15, 0.2) is 0 Å². The Hall–Kier alpha value is -2.43. The van der Waals surface area contributed by atoms with Crippen molar-refractivity contribution in [2.24, 2.45) is 0 Å². The molecule has 2 nitrogen and oxygen atoms in total. The SMILES string of the molecule is Cc1ccc(Sc2cncc3sc(C(=O)c4ccccc4)cc23)cc1. The third-order valence-corrected chi connectivity index (χ3v) is 6.04. The van der Waals surface area contributed by atoms with E-state index in [0.717, 1.165) is 25.4 Å². The Kier molecular flexibility index (Phi) is 4.38. The first-order chi connectivity index (χ1) is 12.2. The van der Waals surface area contributed by atoms with Gasteiger partial charge in [-0.15, -0.1) is 11.3 Å². The minimum absolute atomic E-state index is 0.0630. The van der Waals surface area contributed by atoms with Crippen LogP contribution in [0, 0.1) is 6.92 Å². The number of hydrogen-bond donors (Lipinski definition) is 0. The monoisotopic (exact) mass is 361 g/mol. The number of fused-ring (bicyclic) bond motifs is 1. The lowest BCUT2D eigenvalue weighted by Gasteiger charge is -2.03. The third kappa shape index (κ3) is 3.36. The Bertz CT molecular complexity index is 1040. The van der Waals surface area contributed by atoms with E-state index in [4.69, 9.17) is 0 Å². The highest BCUT2D eigenvalue weighted by Gasteiger charge is 2.15. The molecule has 0 spiro atoms. The van der Waals surface area contributed by atoms with Gasteiger partial charge in [-0.05, 0) is 25.1 Å². The van der Waals surface area contributed by atoms with Gasteiger partial charge in [0.1, 0.15) is 0 Å². The first-order valence-electron chi connectivity index (χ1n) is 7.92.